The van der Waals surface area contributed by atoms with Crippen LogP contribution in [0.2, 0.25) is 5.02 Å². The molecule has 0 amide bonds. The molecule has 0 bridgehead atoms. The van der Waals surface area contributed by atoms with Gasteiger partial charge in [0.25, 0.3) is 0 Å². The summed E-state index contributed by atoms with van der Waals surface area (Å²) in [4.78, 5) is 13.6. The number of anilines is 2. The van der Waals surface area contributed by atoms with Crippen molar-refractivity contribution < 1.29 is 17.9 Å². The molecule has 9 nitrogen and oxygen atoms in total. The Hall–Kier alpha value is -2.14. The number of methoxy groups -OCH3 is 1. The van der Waals surface area contributed by atoms with E-state index >= 15 is 0 Å². The Morgan fingerprint density at radius 1 is 1.00 bits per heavy atom. The van der Waals surface area contributed by atoms with Gasteiger partial charge in [-0.3, -0.25) is 0 Å². The van der Waals surface area contributed by atoms with Crippen LogP contribution in [-0.4, -0.2) is 82.3 Å². The molecule has 2 saturated heterocycles. The molecule has 3 heterocycles. The third-order valence-corrected chi connectivity index (χ3v) is 7.58. The quantitative estimate of drug-likeness (QED) is 0.657. The summed E-state index contributed by atoms with van der Waals surface area (Å²) in [5, 5.41) is 0.352. The van der Waals surface area contributed by atoms with Crippen LogP contribution < -0.4 is 14.5 Å². The second-order valence-corrected chi connectivity index (χ2v) is 9.80. The van der Waals surface area contributed by atoms with Crippen LogP contribution in [0, 0.1) is 6.92 Å². The topological polar surface area (TPSA) is 88.1 Å². The lowest BCUT2D eigenvalue weighted by Crippen LogP contribution is -2.49. The van der Waals surface area contributed by atoms with Crippen LogP contribution in [0.15, 0.2) is 29.2 Å². The number of ether oxygens (including phenoxy) is 2. The summed E-state index contributed by atoms with van der Waals surface area (Å²) in [6.45, 7) is 6.53. The Morgan fingerprint density at radius 3 is 2.39 bits per heavy atom. The maximum atomic E-state index is 13.2. The number of morpholine rings is 1. The smallest absolute Gasteiger partial charge is 0.246 e. The van der Waals surface area contributed by atoms with Gasteiger partial charge >= 0.3 is 0 Å². The lowest BCUT2D eigenvalue weighted by Gasteiger charge is -2.35. The van der Waals surface area contributed by atoms with E-state index < -0.39 is 10.0 Å². The van der Waals surface area contributed by atoms with Gasteiger partial charge < -0.3 is 19.3 Å². The third-order valence-electron chi connectivity index (χ3n) is 5.43. The lowest BCUT2D eigenvalue weighted by molar-refractivity contribution is 0.122. The van der Waals surface area contributed by atoms with E-state index in [0.29, 0.717) is 50.4 Å². The van der Waals surface area contributed by atoms with Crippen LogP contribution in [0.5, 0.6) is 5.75 Å². The SMILES string of the molecule is COc1ccc(Cl)cc1S(=O)(=O)N1CCN(c2cc(C)nc(N3CCOCC3)n2)CC1. The summed E-state index contributed by atoms with van der Waals surface area (Å²) in [5.74, 6) is 1.79. The highest BCUT2D eigenvalue weighted by atomic mass is 35.5. The molecule has 0 unspecified atom stereocenters. The molecule has 11 heteroatoms. The summed E-state index contributed by atoms with van der Waals surface area (Å²) < 4.78 is 38.5. The highest BCUT2D eigenvalue weighted by Crippen LogP contribution is 2.30. The number of rotatable bonds is 5. The normalized spacial score (nSPS) is 18.3. The van der Waals surface area contributed by atoms with Crippen molar-refractivity contribution in [1.82, 2.24) is 14.3 Å². The number of nitrogens with zero attached hydrogens (tertiary/aromatic N) is 5. The Morgan fingerprint density at radius 2 is 1.71 bits per heavy atom. The minimum atomic E-state index is -3.72. The molecule has 1 aromatic carbocycles. The first-order valence-electron chi connectivity index (χ1n) is 10.2. The van der Waals surface area contributed by atoms with Crippen molar-refractivity contribution in [3.63, 3.8) is 0 Å². The predicted molar refractivity (Wildman–Crippen MR) is 119 cm³/mol. The summed E-state index contributed by atoms with van der Waals surface area (Å²) in [6, 6.07) is 6.56. The fraction of sp³-hybridized carbons (Fsp3) is 0.500. The maximum Gasteiger partial charge on any atom is 0.246 e. The lowest BCUT2D eigenvalue weighted by atomic mass is 10.3. The molecule has 2 aliphatic heterocycles. The first-order chi connectivity index (χ1) is 14.9. The number of benzene rings is 1. The van der Waals surface area contributed by atoms with Crippen LogP contribution >= 0.6 is 11.6 Å². The standard InChI is InChI=1S/C20H26ClN5O4S/c1-15-13-19(23-20(22-15)25-9-11-30-12-10-25)24-5-7-26(8-6-24)31(27,28)18-14-16(21)3-4-17(18)29-2/h3-4,13-14H,5-12H2,1-2H3. The van der Waals surface area contributed by atoms with Gasteiger partial charge in [0.05, 0.1) is 20.3 Å². The van der Waals surface area contributed by atoms with E-state index in [4.69, 9.17) is 26.1 Å². The van der Waals surface area contributed by atoms with Gasteiger partial charge in [0, 0.05) is 56.1 Å². The first-order valence-corrected chi connectivity index (χ1v) is 12.0. The molecule has 2 aliphatic rings. The molecule has 0 radical (unpaired) electrons. The molecule has 4 rings (SSSR count). The molecule has 2 aromatic rings. The second kappa shape index (κ2) is 9.15. The first kappa shape index (κ1) is 22.1. The molecule has 168 valence electrons. The van der Waals surface area contributed by atoms with E-state index in [2.05, 4.69) is 14.8 Å². The Balaban J connectivity index is 1.50. The Kier molecular flexibility index (Phi) is 6.52. The van der Waals surface area contributed by atoms with Gasteiger partial charge in [0.1, 0.15) is 16.5 Å². The number of halogens is 1. The molecule has 31 heavy (non-hydrogen) atoms. The number of hydrogen-bond acceptors (Lipinski definition) is 8. The third kappa shape index (κ3) is 4.72. The van der Waals surface area contributed by atoms with Crippen LogP contribution in [0.25, 0.3) is 0 Å². The zero-order valence-electron chi connectivity index (χ0n) is 17.6. The van der Waals surface area contributed by atoms with Crippen molar-refractivity contribution in [2.75, 3.05) is 69.4 Å². The van der Waals surface area contributed by atoms with E-state index in [9.17, 15) is 8.42 Å². The maximum absolute atomic E-state index is 13.2. The fourth-order valence-corrected chi connectivity index (χ4v) is 5.59. The Labute approximate surface area is 187 Å². The van der Waals surface area contributed by atoms with Crippen LogP contribution in [0.1, 0.15) is 5.69 Å². The van der Waals surface area contributed by atoms with Gasteiger partial charge in [-0.15, -0.1) is 0 Å². The van der Waals surface area contributed by atoms with Crippen LogP contribution in [0.4, 0.5) is 11.8 Å². The average molecular weight is 468 g/mol. The van der Waals surface area contributed by atoms with Crippen molar-refractivity contribution in [3.8, 4) is 5.75 Å². The molecular weight excluding hydrogens is 442 g/mol. The monoisotopic (exact) mass is 467 g/mol. The van der Waals surface area contributed by atoms with Gasteiger partial charge in [-0.05, 0) is 25.1 Å². The van der Waals surface area contributed by atoms with Crippen LogP contribution in [0.3, 0.4) is 0 Å². The number of piperazine rings is 1. The highest BCUT2D eigenvalue weighted by molar-refractivity contribution is 7.89. The van der Waals surface area contributed by atoms with Gasteiger partial charge in [-0.1, -0.05) is 11.6 Å². The zero-order chi connectivity index (χ0) is 22.0. The molecule has 0 aliphatic carbocycles. The molecule has 2 fully saturated rings. The van der Waals surface area contributed by atoms with Crippen molar-refractivity contribution in [1.29, 1.82) is 0 Å². The van der Waals surface area contributed by atoms with Crippen molar-refractivity contribution >= 4 is 33.4 Å². The zero-order valence-corrected chi connectivity index (χ0v) is 19.2. The summed E-state index contributed by atoms with van der Waals surface area (Å²) in [7, 11) is -2.28. The number of aromatic nitrogens is 2. The van der Waals surface area contributed by atoms with Gasteiger partial charge in [-0.25, -0.2) is 13.4 Å². The molecule has 1 aromatic heterocycles. The average Bonchev–Trinajstić information content (AvgIpc) is 2.79. The van der Waals surface area contributed by atoms with E-state index in [1.54, 1.807) is 12.1 Å². The molecule has 0 saturated carbocycles. The molecule has 0 N–H and O–H groups in total. The second-order valence-electron chi connectivity index (χ2n) is 7.45. The minimum absolute atomic E-state index is 0.0865. The number of hydrogen-bond donors (Lipinski definition) is 0. The van der Waals surface area contributed by atoms with Gasteiger partial charge in [-0.2, -0.15) is 9.29 Å². The highest BCUT2D eigenvalue weighted by Gasteiger charge is 2.31. The summed E-state index contributed by atoms with van der Waals surface area (Å²) in [5.41, 5.74) is 0.880. The van der Waals surface area contributed by atoms with Crippen molar-refractivity contribution in [3.05, 3.63) is 35.0 Å². The number of aryl methyl sites for hydroxylation is 1. The minimum Gasteiger partial charge on any atom is -0.495 e. The summed E-state index contributed by atoms with van der Waals surface area (Å²) in [6.07, 6.45) is 0. The predicted octanol–water partition coefficient (Wildman–Crippen LogP) is 1.79. The van der Waals surface area contributed by atoms with Crippen LogP contribution in [-0.2, 0) is 14.8 Å². The van der Waals surface area contributed by atoms with Gasteiger partial charge in [0.2, 0.25) is 16.0 Å². The van der Waals surface area contributed by atoms with E-state index in [1.807, 2.05) is 13.0 Å². The molecule has 0 atom stereocenters. The Bertz CT molecular complexity index is 1040. The largest absolute Gasteiger partial charge is 0.495 e. The van der Waals surface area contributed by atoms with Crippen molar-refractivity contribution in [2.45, 2.75) is 11.8 Å². The van der Waals surface area contributed by atoms with Gasteiger partial charge in [0.15, 0.2) is 0 Å². The van der Waals surface area contributed by atoms with E-state index in [0.717, 1.165) is 24.6 Å². The number of sulfonamides is 1. The van der Waals surface area contributed by atoms with E-state index in [1.165, 1.54) is 17.5 Å². The van der Waals surface area contributed by atoms with Crippen molar-refractivity contribution in [2.24, 2.45) is 0 Å². The molecule has 0 spiro atoms. The fourth-order valence-electron chi connectivity index (χ4n) is 3.75. The summed E-state index contributed by atoms with van der Waals surface area (Å²) >= 11 is 6.04. The van der Waals surface area contributed by atoms with E-state index in [-0.39, 0.29) is 10.6 Å². The molecular formula is C20H26ClN5O4S.